The molecule has 0 spiro atoms. The first-order chi connectivity index (χ1) is 13.6. The van der Waals surface area contributed by atoms with E-state index in [1.54, 1.807) is 12.1 Å². The van der Waals surface area contributed by atoms with Crippen molar-refractivity contribution < 1.29 is 9.00 Å². The Morgan fingerprint density at radius 3 is 2.61 bits per heavy atom. The number of carbonyl (C=O) groups excluding carboxylic acids is 1. The summed E-state index contributed by atoms with van der Waals surface area (Å²) >= 11 is 1.12. The number of rotatable bonds is 6. The first-order valence-corrected chi connectivity index (χ1v) is 11.2. The number of anilines is 1. The Balaban J connectivity index is 1.58. The lowest BCUT2D eigenvalue weighted by molar-refractivity contribution is -0.110. The predicted molar refractivity (Wildman–Crippen MR) is 109 cm³/mol. The summed E-state index contributed by atoms with van der Waals surface area (Å²) in [6, 6.07) is 9.23. The first kappa shape index (κ1) is 18.8. The SMILES string of the molecule is N#Cc1cnc(NC(=O)/C(=N/N2CCCC2)c2ccc(S(=O)C3CC3)cc2)s1. The molecule has 0 bridgehead atoms. The van der Waals surface area contributed by atoms with Gasteiger partial charge in [0.05, 0.1) is 17.0 Å². The Morgan fingerprint density at radius 1 is 1.29 bits per heavy atom. The van der Waals surface area contributed by atoms with Crippen molar-refractivity contribution in [3.8, 4) is 6.07 Å². The molecule has 1 saturated carbocycles. The monoisotopic (exact) mass is 413 g/mol. The van der Waals surface area contributed by atoms with Crippen molar-refractivity contribution in [2.24, 2.45) is 5.10 Å². The summed E-state index contributed by atoms with van der Waals surface area (Å²) in [4.78, 5) is 18.2. The van der Waals surface area contributed by atoms with Gasteiger partial charge < -0.3 is 0 Å². The molecule has 4 rings (SSSR count). The van der Waals surface area contributed by atoms with Crippen molar-refractivity contribution in [2.45, 2.75) is 35.8 Å². The number of hydrogen-bond donors (Lipinski definition) is 1. The Morgan fingerprint density at radius 2 is 2.00 bits per heavy atom. The van der Waals surface area contributed by atoms with Crippen LogP contribution in [0.2, 0.25) is 0 Å². The normalized spacial score (nSPS) is 18.0. The van der Waals surface area contributed by atoms with Gasteiger partial charge in [-0.05, 0) is 37.8 Å². The van der Waals surface area contributed by atoms with Gasteiger partial charge >= 0.3 is 0 Å². The molecular weight excluding hydrogens is 394 g/mol. The van der Waals surface area contributed by atoms with Crippen molar-refractivity contribution >= 4 is 38.9 Å². The maximum absolute atomic E-state index is 12.9. The Bertz CT molecular complexity index is 967. The number of hydrogen-bond acceptors (Lipinski definition) is 7. The molecule has 2 aliphatic rings. The topological polar surface area (TPSA) is 98.4 Å². The van der Waals surface area contributed by atoms with Gasteiger partial charge in [0.1, 0.15) is 10.9 Å². The van der Waals surface area contributed by atoms with Crippen molar-refractivity contribution in [1.29, 1.82) is 5.26 Å². The van der Waals surface area contributed by atoms with Crippen molar-refractivity contribution in [2.75, 3.05) is 18.4 Å². The molecule has 1 aliphatic carbocycles. The molecule has 2 aromatic rings. The second kappa shape index (κ2) is 8.20. The zero-order valence-electron chi connectivity index (χ0n) is 15.1. The van der Waals surface area contributed by atoms with Gasteiger partial charge in [-0.1, -0.05) is 23.5 Å². The third kappa shape index (κ3) is 4.29. The van der Waals surface area contributed by atoms with E-state index in [2.05, 4.69) is 15.4 Å². The van der Waals surface area contributed by atoms with Crippen molar-refractivity contribution in [3.05, 3.63) is 40.9 Å². The van der Waals surface area contributed by atoms with Crippen LogP contribution in [-0.2, 0) is 15.6 Å². The van der Waals surface area contributed by atoms with Gasteiger partial charge in [0.2, 0.25) is 0 Å². The number of aromatic nitrogens is 1. The Kier molecular flexibility index (Phi) is 5.50. The fourth-order valence-electron chi connectivity index (χ4n) is 2.94. The number of carbonyl (C=O) groups is 1. The van der Waals surface area contributed by atoms with Gasteiger partial charge in [-0.25, -0.2) is 4.98 Å². The van der Waals surface area contributed by atoms with E-state index < -0.39 is 10.8 Å². The molecular formula is C19H19N5O2S2. The molecule has 2 fully saturated rings. The number of nitrogens with zero attached hydrogens (tertiary/aromatic N) is 4. The van der Waals surface area contributed by atoms with E-state index in [-0.39, 0.29) is 11.2 Å². The number of amides is 1. The largest absolute Gasteiger partial charge is 0.296 e. The molecule has 1 aromatic carbocycles. The average molecular weight is 414 g/mol. The van der Waals surface area contributed by atoms with E-state index in [1.165, 1.54) is 6.20 Å². The van der Waals surface area contributed by atoms with Gasteiger partial charge in [0.25, 0.3) is 5.91 Å². The van der Waals surface area contributed by atoms with Crippen LogP contribution in [0.3, 0.4) is 0 Å². The van der Waals surface area contributed by atoms with Crippen molar-refractivity contribution in [3.63, 3.8) is 0 Å². The highest BCUT2D eigenvalue weighted by molar-refractivity contribution is 7.86. The second-order valence-electron chi connectivity index (χ2n) is 6.73. The van der Waals surface area contributed by atoms with Gasteiger partial charge in [0.15, 0.2) is 10.8 Å². The molecule has 144 valence electrons. The van der Waals surface area contributed by atoms with Crippen LogP contribution in [0.1, 0.15) is 36.1 Å². The zero-order valence-corrected chi connectivity index (χ0v) is 16.8. The fourth-order valence-corrected chi connectivity index (χ4v) is 4.90. The minimum Gasteiger partial charge on any atom is -0.296 e. The minimum absolute atomic E-state index is 0.270. The summed E-state index contributed by atoms with van der Waals surface area (Å²) in [6.07, 6.45) is 5.55. The molecule has 1 unspecified atom stereocenters. The summed E-state index contributed by atoms with van der Waals surface area (Å²) in [6.45, 7) is 1.63. The minimum atomic E-state index is -0.980. The van der Waals surface area contributed by atoms with E-state index in [0.29, 0.717) is 21.3 Å². The van der Waals surface area contributed by atoms with Crippen LogP contribution in [0.4, 0.5) is 5.13 Å². The summed E-state index contributed by atoms with van der Waals surface area (Å²) in [5.74, 6) is -0.373. The third-order valence-electron chi connectivity index (χ3n) is 4.56. The highest BCUT2D eigenvalue weighted by Gasteiger charge is 2.29. The summed E-state index contributed by atoms with van der Waals surface area (Å²) < 4.78 is 12.3. The summed E-state index contributed by atoms with van der Waals surface area (Å²) in [5.41, 5.74) is 0.956. The van der Waals surface area contributed by atoms with Gasteiger partial charge in [0, 0.05) is 28.8 Å². The van der Waals surface area contributed by atoms with Gasteiger partial charge in [-0.15, -0.1) is 0 Å². The van der Waals surface area contributed by atoms with Crippen LogP contribution in [0.15, 0.2) is 40.5 Å². The Hall–Kier alpha value is -2.57. The van der Waals surface area contributed by atoms with Crippen LogP contribution in [0.5, 0.6) is 0 Å². The lowest BCUT2D eigenvalue weighted by atomic mass is 10.1. The zero-order chi connectivity index (χ0) is 19.5. The van der Waals surface area contributed by atoms with E-state index in [4.69, 9.17) is 5.26 Å². The molecule has 9 heteroatoms. The average Bonchev–Trinajstić information content (AvgIpc) is 3.25. The molecule has 7 nitrogen and oxygen atoms in total. The van der Waals surface area contributed by atoms with E-state index in [9.17, 15) is 9.00 Å². The van der Waals surface area contributed by atoms with Gasteiger partial charge in [-0.2, -0.15) is 10.4 Å². The highest BCUT2D eigenvalue weighted by Crippen LogP contribution is 2.30. The van der Waals surface area contributed by atoms with Crippen LogP contribution in [0, 0.1) is 11.3 Å². The van der Waals surface area contributed by atoms with Gasteiger partial charge in [-0.3, -0.25) is 19.3 Å². The number of nitrogens with one attached hydrogen (secondary N) is 1. The second-order valence-corrected chi connectivity index (χ2v) is 9.49. The number of benzene rings is 1. The van der Waals surface area contributed by atoms with E-state index in [0.717, 1.165) is 55.0 Å². The lowest BCUT2D eigenvalue weighted by Gasteiger charge is -2.14. The third-order valence-corrected chi connectivity index (χ3v) is 7.19. The van der Waals surface area contributed by atoms with Crippen LogP contribution < -0.4 is 5.32 Å². The molecule has 28 heavy (non-hydrogen) atoms. The number of thiazole rings is 1. The van der Waals surface area contributed by atoms with Crippen molar-refractivity contribution in [1.82, 2.24) is 9.99 Å². The Labute approximate surface area is 169 Å². The van der Waals surface area contributed by atoms with E-state index >= 15 is 0 Å². The standard InChI is InChI=1S/C19H19N5O2S2/c20-11-14-12-21-19(27-14)22-18(25)17(23-24-9-1-2-10-24)13-3-5-15(6-4-13)28(26)16-7-8-16/h3-6,12,16H,1-2,7-10H2,(H,21,22,25)/b23-17+. The first-order valence-electron chi connectivity index (χ1n) is 9.16. The lowest BCUT2D eigenvalue weighted by Crippen LogP contribution is -2.27. The predicted octanol–water partition coefficient (Wildman–Crippen LogP) is 2.72. The highest BCUT2D eigenvalue weighted by atomic mass is 32.2. The maximum Gasteiger partial charge on any atom is 0.278 e. The van der Waals surface area contributed by atoms with Crippen LogP contribution >= 0.6 is 11.3 Å². The molecule has 1 amide bonds. The molecule has 1 N–H and O–H groups in total. The molecule has 1 atom stereocenters. The summed E-state index contributed by atoms with van der Waals surface area (Å²) in [7, 11) is -0.980. The number of nitriles is 1. The fraction of sp³-hybridized carbons (Fsp3) is 0.368. The smallest absolute Gasteiger partial charge is 0.278 e. The quantitative estimate of drug-likeness (QED) is 0.734. The summed E-state index contributed by atoms with van der Waals surface area (Å²) in [5, 5.41) is 18.8. The maximum atomic E-state index is 12.9. The van der Waals surface area contributed by atoms with Crippen LogP contribution in [0.25, 0.3) is 0 Å². The molecule has 1 saturated heterocycles. The van der Waals surface area contributed by atoms with Crippen LogP contribution in [-0.4, -0.2) is 44.2 Å². The number of hydrazone groups is 1. The molecule has 0 radical (unpaired) electrons. The molecule has 2 heterocycles. The molecule has 1 aliphatic heterocycles. The molecule has 1 aromatic heterocycles. The van der Waals surface area contributed by atoms with E-state index in [1.807, 2.05) is 23.2 Å².